The summed E-state index contributed by atoms with van der Waals surface area (Å²) in [7, 11) is 0. The van der Waals surface area contributed by atoms with Gasteiger partial charge in [0.2, 0.25) is 0 Å². The van der Waals surface area contributed by atoms with Gasteiger partial charge in [0, 0.05) is 49.0 Å². The lowest BCUT2D eigenvalue weighted by atomic mass is 10.2. The fraction of sp³-hybridized carbons (Fsp3) is 0.375. The van der Waals surface area contributed by atoms with Crippen molar-refractivity contribution in [2.24, 2.45) is 0 Å². The molecule has 0 radical (unpaired) electrons. The number of aliphatic hydroxyl groups is 1. The lowest BCUT2D eigenvalue weighted by molar-refractivity contribution is -0.193. The number of urea groups is 1. The number of hydrogen-bond acceptors (Lipinski definition) is 8. The van der Waals surface area contributed by atoms with Gasteiger partial charge < -0.3 is 40.6 Å². The second kappa shape index (κ2) is 16.1. The molecule has 1 atom stereocenters. The first-order chi connectivity index (χ1) is 20.5. The number of alkyl halides is 6. The minimum atomic E-state index is -5.08. The quantitative estimate of drug-likeness (QED) is 0.143. The van der Waals surface area contributed by atoms with E-state index >= 15 is 0 Å². The van der Waals surface area contributed by atoms with Crippen LogP contribution in [-0.4, -0.2) is 111 Å². The summed E-state index contributed by atoms with van der Waals surface area (Å²) in [6.07, 6.45) is -9.09. The van der Waals surface area contributed by atoms with E-state index in [1.165, 1.54) is 0 Å². The molecule has 20 heteroatoms. The van der Waals surface area contributed by atoms with Crippen molar-refractivity contribution < 1.29 is 60.8 Å². The van der Waals surface area contributed by atoms with E-state index in [-0.39, 0.29) is 12.6 Å². The van der Waals surface area contributed by atoms with Gasteiger partial charge in [0.05, 0.1) is 5.52 Å². The highest BCUT2D eigenvalue weighted by molar-refractivity contribution is 9.10. The maximum atomic E-state index is 11.4. The van der Waals surface area contributed by atoms with Gasteiger partial charge in [0.1, 0.15) is 24.3 Å². The number of aromatic nitrogens is 3. The van der Waals surface area contributed by atoms with Gasteiger partial charge in [-0.3, -0.25) is 0 Å². The number of pyridine rings is 1. The van der Waals surface area contributed by atoms with Crippen molar-refractivity contribution in [3.8, 4) is 17.1 Å². The summed E-state index contributed by atoms with van der Waals surface area (Å²) < 4.78 is 70.0. The molecule has 0 bridgehead atoms. The van der Waals surface area contributed by atoms with Crippen molar-refractivity contribution in [2.75, 3.05) is 39.3 Å². The third kappa shape index (κ3) is 12.2. The molecule has 2 amide bonds. The van der Waals surface area contributed by atoms with Gasteiger partial charge in [-0.2, -0.15) is 26.3 Å². The molecular formula is C24H25BrF6N6O7. The zero-order valence-corrected chi connectivity index (χ0v) is 23.8. The molecule has 1 unspecified atom stereocenters. The number of amides is 2. The Morgan fingerprint density at radius 3 is 2.20 bits per heavy atom. The summed E-state index contributed by atoms with van der Waals surface area (Å²) in [5.41, 5.74) is 2.44. The summed E-state index contributed by atoms with van der Waals surface area (Å²) in [5, 5.41) is 30.2. The molecule has 3 aromatic rings. The maximum absolute atomic E-state index is 11.4. The number of aliphatic carboxylic acids is 2. The van der Waals surface area contributed by atoms with Crippen molar-refractivity contribution in [3.05, 3.63) is 41.0 Å². The zero-order valence-electron chi connectivity index (χ0n) is 22.2. The number of carbonyl (C=O) groups is 3. The number of rotatable bonds is 9. The number of nitrogens with one attached hydrogen (secondary N) is 3. The first-order valence-corrected chi connectivity index (χ1v) is 13.0. The Bertz CT molecular complexity index is 1380. The number of halogens is 7. The maximum Gasteiger partial charge on any atom is 0.490 e. The average molecular weight is 703 g/mol. The number of nitrogens with zero attached hydrogens (tertiary/aromatic N) is 3. The van der Waals surface area contributed by atoms with E-state index in [9.17, 15) is 36.2 Å². The molecule has 242 valence electrons. The zero-order chi connectivity index (χ0) is 33.1. The molecule has 3 heterocycles. The molecule has 1 fully saturated rings. The molecule has 1 aliphatic rings. The van der Waals surface area contributed by atoms with Crippen LogP contribution in [-0.2, 0) is 9.59 Å². The Labute approximate surface area is 252 Å². The number of benzene rings is 1. The van der Waals surface area contributed by atoms with Crippen LogP contribution in [0.15, 0.2) is 41.0 Å². The molecule has 1 aromatic carbocycles. The number of hydrogen-bond donors (Lipinski definition) is 6. The van der Waals surface area contributed by atoms with E-state index in [1.807, 2.05) is 30.3 Å². The Morgan fingerprint density at radius 1 is 1.09 bits per heavy atom. The molecule has 0 aliphatic carbocycles. The lowest BCUT2D eigenvalue weighted by Gasteiger charge is -2.16. The normalized spacial score (nSPS) is 13.7. The number of carboxylic acids is 2. The first kappa shape index (κ1) is 36.0. The summed E-state index contributed by atoms with van der Waals surface area (Å²) in [6.45, 7) is 3.24. The fourth-order valence-electron chi connectivity index (χ4n) is 3.18. The predicted octanol–water partition coefficient (Wildman–Crippen LogP) is 3.01. The molecule has 13 nitrogen and oxygen atoms in total. The lowest BCUT2D eigenvalue weighted by Crippen LogP contribution is -2.38. The largest absolute Gasteiger partial charge is 0.491 e. The van der Waals surface area contributed by atoms with Gasteiger partial charge in [-0.25, -0.2) is 24.4 Å². The highest BCUT2D eigenvalue weighted by Crippen LogP contribution is 2.23. The molecule has 1 saturated heterocycles. The number of carbonyl (C=O) groups excluding carboxylic acids is 1. The summed E-state index contributed by atoms with van der Waals surface area (Å²) >= 11 is 3.40. The van der Waals surface area contributed by atoms with Crippen molar-refractivity contribution >= 4 is 45.1 Å². The van der Waals surface area contributed by atoms with Gasteiger partial charge in [0.25, 0.3) is 0 Å². The molecule has 0 spiro atoms. The summed E-state index contributed by atoms with van der Waals surface area (Å²) in [5.74, 6) is -4.11. The van der Waals surface area contributed by atoms with Crippen LogP contribution in [0.3, 0.4) is 0 Å². The van der Waals surface area contributed by atoms with Crippen LogP contribution in [0.2, 0.25) is 0 Å². The van der Waals surface area contributed by atoms with Gasteiger partial charge in [-0.15, -0.1) is 0 Å². The Hall–Kier alpha value is -4.17. The van der Waals surface area contributed by atoms with Crippen LogP contribution >= 0.6 is 15.9 Å². The number of ether oxygens (including phenoxy) is 1. The molecular weight excluding hydrogens is 678 g/mol. The highest BCUT2D eigenvalue weighted by atomic mass is 79.9. The number of fused-ring (bicyclic) bond motifs is 1. The number of carboxylic acid groups (broad SMARTS) is 2. The van der Waals surface area contributed by atoms with E-state index in [0.29, 0.717) is 37.6 Å². The van der Waals surface area contributed by atoms with E-state index in [2.05, 4.69) is 41.5 Å². The number of aliphatic hydroxyl groups excluding tert-OH is 1. The van der Waals surface area contributed by atoms with Crippen LogP contribution in [0.25, 0.3) is 22.6 Å². The van der Waals surface area contributed by atoms with Gasteiger partial charge in [-0.1, -0.05) is 0 Å². The molecule has 4 rings (SSSR count). The Morgan fingerprint density at radius 2 is 1.68 bits per heavy atom. The standard InChI is InChI=1S/C20H23BrN6O3.2C2HF3O2/c21-14-9-17-19(24-10-14)26-18(25-17)13-1-3-16(4-2-13)30-12-15(28)11-22-5-7-27-8-6-23-20(27)29;2*3-2(4,5)1(6)7/h1-4,9-10,15,22,28H,5-8,11-12H2,(H,23,29)(H,24,25,26);2*(H,6,7). The molecule has 44 heavy (non-hydrogen) atoms. The molecule has 1 aliphatic heterocycles. The second-order valence-electron chi connectivity index (χ2n) is 8.63. The fourth-order valence-corrected chi connectivity index (χ4v) is 3.51. The summed E-state index contributed by atoms with van der Waals surface area (Å²) in [4.78, 5) is 43.0. The second-order valence-corrected chi connectivity index (χ2v) is 9.54. The third-order valence-corrected chi connectivity index (χ3v) is 5.68. The van der Waals surface area contributed by atoms with Crippen LogP contribution in [0.5, 0.6) is 5.75 Å². The molecule has 2 aromatic heterocycles. The number of imidazole rings is 1. The van der Waals surface area contributed by atoms with Crippen molar-refractivity contribution in [2.45, 2.75) is 18.5 Å². The van der Waals surface area contributed by atoms with Crippen LogP contribution < -0.4 is 15.4 Å². The number of aromatic amines is 1. The van der Waals surface area contributed by atoms with E-state index < -0.39 is 30.4 Å². The summed E-state index contributed by atoms with van der Waals surface area (Å²) in [6, 6.07) is 9.42. The van der Waals surface area contributed by atoms with Crippen LogP contribution in [0.4, 0.5) is 31.1 Å². The van der Waals surface area contributed by atoms with E-state index in [4.69, 9.17) is 24.5 Å². The van der Waals surface area contributed by atoms with Gasteiger partial charge in [-0.05, 0) is 46.3 Å². The SMILES string of the molecule is O=C(O)C(F)(F)F.O=C(O)C(F)(F)F.O=C1NCCN1CCNCC(O)COc1ccc(-c2nc3ncc(Br)cc3[nH]2)cc1. The van der Waals surface area contributed by atoms with E-state index in [1.54, 1.807) is 11.1 Å². The minimum absolute atomic E-state index is 0.0316. The predicted molar refractivity (Wildman–Crippen MR) is 144 cm³/mol. The van der Waals surface area contributed by atoms with Crippen molar-refractivity contribution in [3.63, 3.8) is 0 Å². The minimum Gasteiger partial charge on any atom is -0.491 e. The first-order valence-electron chi connectivity index (χ1n) is 12.2. The molecule has 6 N–H and O–H groups in total. The van der Waals surface area contributed by atoms with Gasteiger partial charge in [0.15, 0.2) is 5.65 Å². The van der Waals surface area contributed by atoms with Gasteiger partial charge >= 0.3 is 30.3 Å². The van der Waals surface area contributed by atoms with Crippen molar-refractivity contribution in [1.82, 2.24) is 30.5 Å². The topological polar surface area (TPSA) is 190 Å². The van der Waals surface area contributed by atoms with Crippen LogP contribution in [0.1, 0.15) is 0 Å². The highest BCUT2D eigenvalue weighted by Gasteiger charge is 2.38. The van der Waals surface area contributed by atoms with Crippen molar-refractivity contribution in [1.29, 1.82) is 0 Å². The Balaban J connectivity index is 0.000000402. The monoisotopic (exact) mass is 702 g/mol. The third-order valence-electron chi connectivity index (χ3n) is 5.24. The number of H-pyrrole nitrogens is 1. The smallest absolute Gasteiger partial charge is 0.490 e. The average Bonchev–Trinajstić information content (AvgIpc) is 3.55. The van der Waals surface area contributed by atoms with Crippen LogP contribution in [0, 0.1) is 0 Å². The van der Waals surface area contributed by atoms with E-state index in [0.717, 1.165) is 27.9 Å². The Kier molecular flexibility index (Phi) is 13.1. The molecule has 0 saturated carbocycles.